The van der Waals surface area contributed by atoms with Crippen LogP contribution < -0.4 is 5.43 Å². The third kappa shape index (κ3) is 2.87. The first-order valence-electron chi connectivity index (χ1n) is 7.90. The highest BCUT2D eigenvalue weighted by Crippen LogP contribution is 2.17. The van der Waals surface area contributed by atoms with Crippen molar-refractivity contribution in [2.75, 3.05) is 0 Å². The van der Waals surface area contributed by atoms with Gasteiger partial charge in [0.25, 0.3) is 5.91 Å². The van der Waals surface area contributed by atoms with E-state index >= 15 is 0 Å². The number of carbonyl (C=O) groups excluding carboxylic acids is 1. The van der Waals surface area contributed by atoms with Crippen LogP contribution in [0.5, 0.6) is 0 Å². The van der Waals surface area contributed by atoms with Gasteiger partial charge in [0, 0.05) is 17.1 Å². The van der Waals surface area contributed by atoms with Crippen LogP contribution in [0.25, 0.3) is 21.9 Å². The zero-order chi connectivity index (χ0) is 17.2. The van der Waals surface area contributed by atoms with Gasteiger partial charge >= 0.3 is 0 Å². The summed E-state index contributed by atoms with van der Waals surface area (Å²) in [5.74, 6) is -0.250. The summed E-state index contributed by atoms with van der Waals surface area (Å²) in [6.45, 7) is 2.29. The van der Waals surface area contributed by atoms with E-state index in [9.17, 15) is 4.79 Å². The van der Waals surface area contributed by atoms with Crippen LogP contribution in [0.4, 0.5) is 0 Å². The number of benzene rings is 2. The maximum Gasteiger partial charge on any atom is 0.273 e. The summed E-state index contributed by atoms with van der Waals surface area (Å²) in [7, 11) is 0. The lowest BCUT2D eigenvalue weighted by Crippen LogP contribution is -2.20. The Morgan fingerprint density at radius 3 is 2.92 bits per heavy atom. The van der Waals surface area contributed by atoms with Gasteiger partial charge in [-0.15, -0.1) is 5.10 Å². The molecule has 2 N–H and O–H groups in total. The Morgan fingerprint density at radius 1 is 1.20 bits per heavy atom. The van der Waals surface area contributed by atoms with Gasteiger partial charge in [-0.05, 0) is 25.1 Å². The molecule has 2 aromatic heterocycles. The predicted octanol–water partition coefficient (Wildman–Crippen LogP) is 2.72. The summed E-state index contributed by atoms with van der Waals surface area (Å²) in [6, 6.07) is 15.4. The number of para-hydroxylation sites is 2. The average Bonchev–Trinajstić information content (AvgIpc) is 3.24. The summed E-state index contributed by atoms with van der Waals surface area (Å²) >= 11 is 0. The van der Waals surface area contributed by atoms with Crippen molar-refractivity contribution in [3.8, 4) is 0 Å². The second kappa shape index (κ2) is 6.20. The van der Waals surface area contributed by atoms with E-state index in [0.717, 1.165) is 27.6 Å². The van der Waals surface area contributed by atoms with Crippen LogP contribution in [0.2, 0.25) is 0 Å². The van der Waals surface area contributed by atoms with E-state index in [1.807, 2.05) is 55.5 Å². The summed E-state index contributed by atoms with van der Waals surface area (Å²) in [5.41, 5.74) is 6.58. The largest absolute Gasteiger partial charge is 0.360 e. The molecule has 7 heteroatoms. The maximum absolute atomic E-state index is 12.4. The maximum atomic E-state index is 12.4. The van der Waals surface area contributed by atoms with E-state index in [0.29, 0.717) is 12.1 Å². The number of nitrogens with zero attached hydrogens (tertiary/aromatic N) is 4. The molecule has 0 unspecified atom stereocenters. The average molecular weight is 332 g/mol. The van der Waals surface area contributed by atoms with Gasteiger partial charge in [-0.2, -0.15) is 5.10 Å². The van der Waals surface area contributed by atoms with E-state index in [-0.39, 0.29) is 5.91 Å². The number of fused-ring (bicyclic) bond motifs is 2. The number of hydrogen-bond donors (Lipinski definition) is 2. The lowest BCUT2D eigenvalue weighted by molar-refractivity contribution is 0.0956. The molecule has 0 aliphatic carbocycles. The minimum absolute atomic E-state index is 0.250. The fourth-order valence-corrected chi connectivity index (χ4v) is 2.75. The van der Waals surface area contributed by atoms with Gasteiger partial charge < -0.3 is 4.98 Å². The standard InChI is InChI=1S/C18H16N6O/c1-12(11-24-17-9-5-4-8-16(17)21-23-24)20-22-18(25)14-10-19-15-7-3-2-6-13(14)15/h2-10,19H,11H2,1H3,(H,22,25). The van der Waals surface area contributed by atoms with Crippen molar-refractivity contribution in [2.45, 2.75) is 13.5 Å². The number of aromatic nitrogens is 4. The Morgan fingerprint density at radius 2 is 2.00 bits per heavy atom. The Bertz CT molecular complexity index is 1090. The molecule has 1 amide bonds. The van der Waals surface area contributed by atoms with Crippen molar-refractivity contribution >= 4 is 33.6 Å². The number of hydrogen-bond acceptors (Lipinski definition) is 4. The Hall–Kier alpha value is -3.48. The van der Waals surface area contributed by atoms with Crippen molar-refractivity contribution in [3.63, 3.8) is 0 Å². The summed E-state index contributed by atoms with van der Waals surface area (Å²) in [5, 5.41) is 13.3. The van der Waals surface area contributed by atoms with Gasteiger partial charge in [0.15, 0.2) is 0 Å². The quantitative estimate of drug-likeness (QED) is 0.445. The lowest BCUT2D eigenvalue weighted by Gasteiger charge is -2.03. The van der Waals surface area contributed by atoms with Crippen LogP contribution >= 0.6 is 0 Å². The predicted molar refractivity (Wildman–Crippen MR) is 96.4 cm³/mol. The fourth-order valence-electron chi connectivity index (χ4n) is 2.75. The lowest BCUT2D eigenvalue weighted by atomic mass is 10.2. The minimum Gasteiger partial charge on any atom is -0.360 e. The number of nitrogens with one attached hydrogen (secondary N) is 2. The number of carbonyl (C=O) groups is 1. The van der Waals surface area contributed by atoms with Crippen molar-refractivity contribution in [1.82, 2.24) is 25.4 Å². The number of rotatable bonds is 4. The first-order valence-corrected chi connectivity index (χ1v) is 7.90. The molecule has 0 aliphatic rings. The van der Waals surface area contributed by atoms with Crippen LogP contribution in [-0.2, 0) is 6.54 Å². The molecule has 0 bridgehead atoms. The molecular weight excluding hydrogens is 316 g/mol. The number of aromatic amines is 1. The number of H-pyrrole nitrogens is 1. The molecule has 4 rings (SSSR count). The number of amides is 1. The smallest absolute Gasteiger partial charge is 0.273 e. The minimum atomic E-state index is -0.250. The molecule has 0 saturated heterocycles. The van der Waals surface area contributed by atoms with Gasteiger partial charge in [-0.25, -0.2) is 10.1 Å². The molecule has 0 radical (unpaired) electrons. The van der Waals surface area contributed by atoms with Gasteiger partial charge in [0.1, 0.15) is 5.52 Å². The zero-order valence-corrected chi connectivity index (χ0v) is 13.6. The molecule has 7 nitrogen and oxygen atoms in total. The zero-order valence-electron chi connectivity index (χ0n) is 13.6. The molecule has 0 fully saturated rings. The van der Waals surface area contributed by atoms with Crippen LogP contribution in [0.3, 0.4) is 0 Å². The second-order valence-corrected chi connectivity index (χ2v) is 5.77. The van der Waals surface area contributed by atoms with Crippen LogP contribution in [0.1, 0.15) is 17.3 Å². The van der Waals surface area contributed by atoms with E-state index < -0.39 is 0 Å². The molecule has 0 saturated carbocycles. The normalized spacial score (nSPS) is 12.0. The molecular formula is C18H16N6O. The fraction of sp³-hybridized carbons (Fsp3) is 0.111. The molecule has 4 aromatic rings. The molecule has 25 heavy (non-hydrogen) atoms. The van der Waals surface area contributed by atoms with Gasteiger partial charge in [-0.3, -0.25) is 4.79 Å². The Balaban J connectivity index is 1.50. The molecule has 0 spiro atoms. The monoisotopic (exact) mass is 332 g/mol. The van der Waals surface area contributed by atoms with Gasteiger partial charge in [0.2, 0.25) is 0 Å². The highest BCUT2D eigenvalue weighted by Gasteiger charge is 2.11. The van der Waals surface area contributed by atoms with E-state index in [4.69, 9.17) is 0 Å². The highest BCUT2D eigenvalue weighted by atomic mass is 16.2. The molecule has 2 aromatic carbocycles. The molecule has 0 aliphatic heterocycles. The first kappa shape index (κ1) is 15.1. The summed E-state index contributed by atoms with van der Waals surface area (Å²) in [4.78, 5) is 15.4. The van der Waals surface area contributed by atoms with Gasteiger partial charge in [0.05, 0.1) is 23.3 Å². The first-order chi connectivity index (χ1) is 12.2. The van der Waals surface area contributed by atoms with Crippen LogP contribution in [0.15, 0.2) is 59.8 Å². The van der Waals surface area contributed by atoms with E-state index in [1.165, 1.54) is 0 Å². The highest BCUT2D eigenvalue weighted by molar-refractivity contribution is 6.06. The van der Waals surface area contributed by atoms with Crippen molar-refractivity contribution in [3.05, 3.63) is 60.3 Å². The third-order valence-electron chi connectivity index (χ3n) is 3.98. The van der Waals surface area contributed by atoms with E-state index in [1.54, 1.807) is 10.9 Å². The summed E-state index contributed by atoms with van der Waals surface area (Å²) in [6.07, 6.45) is 1.69. The van der Waals surface area contributed by atoms with Crippen molar-refractivity contribution in [2.24, 2.45) is 5.10 Å². The molecule has 2 heterocycles. The molecule has 0 atom stereocenters. The Labute approximate surface area is 143 Å². The van der Waals surface area contributed by atoms with Crippen LogP contribution in [0, 0.1) is 0 Å². The van der Waals surface area contributed by atoms with Gasteiger partial charge in [-0.1, -0.05) is 35.5 Å². The Kier molecular flexibility index (Phi) is 3.74. The van der Waals surface area contributed by atoms with Crippen molar-refractivity contribution < 1.29 is 4.79 Å². The van der Waals surface area contributed by atoms with Crippen LogP contribution in [-0.4, -0.2) is 31.6 Å². The second-order valence-electron chi connectivity index (χ2n) is 5.77. The SMILES string of the molecule is CC(Cn1nnc2ccccc21)=NNC(=O)c1c[nH]c2ccccc12. The topological polar surface area (TPSA) is 88.0 Å². The molecule has 124 valence electrons. The van der Waals surface area contributed by atoms with E-state index in [2.05, 4.69) is 25.8 Å². The third-order valence-corrected chi connectivity index (χ3v) is 3.98. The van der Waals surface area contributed by atoms with Crippen molar-refractivity contribution in [1.29, 1.82) is 0 Å². The summed E-state index contributed by atoms with van der Waals surface area (Å²) < 4.78 is 1.76. The number of hydrazone groups is 1.